The number of carbonyl (C=O) groups excluding carboxylic acids is 2. The molecule has 5 rings (SSSR count). The molecular formula is C23H14ClN5O4S. The van der Waals surface area contributed by atoms with Crippen molar-refractivity contribution < 1.29 is 14.5 Å². The van der Waals surface area contributed by atoms with Crippen LogP contribution in [0.15, 0.2) is 89.0 Å². The van der Waals surface area contributed by atoms with Crippen molar-refractivity contribution in [2.45, 2.75) is 4.75 Å². The van der Waals surface area contributed by atoms with Crippen LogP contribution < -0.4 is 10.3 Å². The van der Waals surface area contributed by atoms with E-state index in [1.165, 1.54) is 29.3 Å². The summed E-state index contributed by atoms with van der Waals surface area (Å²) in [6, 6.07) is 21.1. The molecule has 1 atom stereocenters. The Morgan fingerprint density at radius 2 is 1.68 bits per heavy atom. The number of thioether (sulfide) groups is 1. The van der Waals surface area contributed by atoms with Crippen LogP contribution in [0, 0.1) is 10.1 Å². The second-order valence-electron chi connectivity index (χ2n) is 7.31. The number of aliphatic imine (C=N–C) groups is 1. The first-order chi connectivity index (χ1) is 16.4. The van der Waals surface area contributed by atoms with E-state index in [0.29, 0.717) is 22.0 Å². The molecule has 1 saturated heterocycles. The number of hydrogen-bond acceptors (Lipinski definition) is 7. The first-order valence-electron chi connectivity index (χ1n) is 9.97. The van der Waals surface area contributed by atoms with Crippen molar-refractivity contribution in [1.82, 2.24) is 5.32 Å². The minimum atomic E-state index is -1.76. The number of anilines is 1. The molecule has 11 heteroatoms. The lowest BCUT2D eigenvalue weighted by atomic mass is 9.94. The fourth-order valence-corrected chi connectivity index (χ4v) is 4.94. The molecule has 1 spiro atoms. The average molecular weight is 492 g/mol. The molecular weight excluding hydrogens is 478 g/mol. The van der Waals surface area contributed by atoms with Gasteiger partial charge >= 0.3 is 0 Å². The Hall–Kier alpha value is -4.02. The summed E-state index contributed by atoms with van der Waals surface area (Å²) in [6.45, 7) is 0. The van der Waals surface area contributed by atoms with Crippen LogP contribution in [-0.4, -0.2) is 32.4 Å². The maximum Gasteiger partial charge on any atom is 0.280 e. The third-order valence-corrected chi connectivity index (χ3v) is 6.81. The maximum absolute atomic E-state index is 13.7. The standard InChI is InChI=1S/C23H14ClN5O4S/c24-17-8-4-5-9-18(17)25-22-26-20(30)23(34-22)19(14-10-12-16(13-11-14)29(32)33)27-28(21(23)31)15-6-2-1-3-7-15/h1-13H,(H,25,26,30). The van der Waals surface area contributed by atoms with E-state index in [4.69, 9.17) is 11.6 Å². The number of carbonyl (C=O) groups is 2. The van der Waals surface area contributed by atoms with Gasteiger partial charge in [-0.05, 0) is 36.4 Å². The smallest absolute Gasteiger partial charge is 0.280 e. The molecule has 34 heavy (non-hydrogen) atoms. The molecule has 0 bridgehead atoms. The second kappa shape index (κ2) is 8.40. The Kier molecular flexibility index (Phi) is 5.39. The van der Waals surface area contributed by atoms with Gasteiger partial charge in [0.2, 0.25) is 4.75 Å². The quantitative estimate of drug-likeness (QED) is 0.332. The molecule has 2 heterocycles. The van der Waals surface area contributed by atoms with Crippen LogP contribution in [0.1, 0.15) is 5.56 Å². The zero-order valence-corrected chi connectivity index (χ0v) is 18.8. The summed E-state index contributed by atoms with van der Waals surface area (Å²) in [5.41, 5.74) is 1.35. The van der Waals surface area contributed by atoms with Gasteiger partial charge in [-0.25, -0.2) is 4.99 Å². The van der Waals surface area contributed by atoms with E-state index >= 15 is 0 Å². The van der Waals surface area contributed by atoms with Gasteiger partial charge in [0.05, 0.1) is 21.3 Å². The number of hydrogen-bond donors (Lipinski definition) is 1. The number of nitro benzene ring substituents is 1. The summed E-state index contributed by atoms with van der Waals surface area (Å²) in [4.78, 5) is 42.0. The van der Waals surface area contributed by atoms with Crippen LogP contribution in [0.3, 0.4) is 0 Å². The van der Waals surface area contributed by atoms with Gasteiger partial charge in [-0.3, -0.25) is 19.7 Å². The van der Waals surface area contributed by atoms with Gasteiger partial charge in [-0.1, -0.05) is 53.7 Å². The highest BCUT2D eigenvalue weighted by Crippen LogP contribution is 2.43. The van der Waals surface area contributed by atoms with Gasteiger partial charge in [0.1, 0.15) is 5.71 Å². The topological polar surface area (TPSA) is 117 Å². The van der Waals surface area contributed by atoms with Gasteiger partial charge < -0.3 is 5.32 Å². The third-order valence-electron chi connectivity index (χ3n) is 5.24. The number of rotatable bonds is 4. The van der Waals surface area contributed by atoms with Crippen molar-refractivity contribution in [3.63, 3.8) is 0 Å². The van der Waals surface area contributed by atoms with Gasteiger partial charge in [-0.15, -0.1) is 0 Å². The number of para-hydroxylation sites is 2. The molecule has 3 aromatic rings. The fraction of sp³-hybridized carbons (Fsp3) is 0.0435. The largest absolute Gasteiger partial charge is 0.303 e. The first-order valence-corrected chi connectivity index (χ1v) is 11.2. The molecule has 2 aliphatic rings. The first kappa shape index (κ1) is 21.8. The molecule has 0 aromatic heterocycles. The van der Waals surface area contributed by atoms with Gasteiger partial charge in [0, 0.05) is 17.7 Å². The van der Waals surface area contributed by atoms with Crippen molar-refractivity contribution in [3.8, 4) is 0 Å². The second-order valence-corrected chi connectivity index (χ2v) is 8.92. The molecule has 1 unspecified atom stereocenters. The van der Waals surface area contributed by atoms with Gasteiger partial charge in [0.15, 0.2) is 5.17 Å². The summed E-state index contributed by atoms with van der Waals surface area (Å²) in [7, 11) is 0. The molecule has 9 nitrogen and oxygen atoms in total. The van der Waals surface area contributed by atoms with Crippen LogP contribution in [0.2, 0.25) is 5.02 Å². The molecule has 2 amide bonds. The SMILES string of the molecule is O=C1NC(=Nc2ccccc2Cl)SC12C(=O)N(c1ccccc1)N=C2c1ccc([N+](=O)[O-])cc1. The summed E-state index contributed by atoms with van der Waals surface area (Å²) < 4.78 is -1.76. The van der Waals surface area contributed by atoms with E-state index in [-0.39, 0.29) is 16.6 Å². The minimum Gasteiger partial charge on any atom is -0.303 e. The van der Waals surface area contributed by atoms with E-state index in [1.807, 2.05) is 0 Å². The summed E-state index contributed by atoms with van der Waals surface area (Å²) in [5, 5.41) is 20.0. The van der Waals surface area contributed by atoms with E-state index in [9.17, 15) is 19.7 Å². The molecule has 2 aliphatic heterocycles. The molecule has 0 aliphatic carbocycles. The molecule has 168 valence electrons. The maximum atomic E-state index is 13.7. The van der Waals surface area contributed by atoms with Gasteiger partial charge in [-0.2, -0.15) is 10.1 Å². The average Bonchev–Trinajstić information content (AvgIpc) is 3.33. The van der Waals surface area contributed by atoms with Crippen LogP contribution in [0.5, 0.6) is 0 Å². The van der Waals surface area contributed by atoms with Crippen molar-refractivity contribution in [1.29, 1.82) is 0 Å². The van der Waals surface area contributed by atoms with Crippen molar-refractivity contribution in [2.24, 2.45) is 10.1 Å². The Balaban J connectivity index is 1.62. The normalized spacial score (nSPS) is 20.7. The van der Waals surface area contributed by atoms with Crippen molar-refractivity contribution in [3.05, 3.63) is 99.6 Å². The molecule has 0 saturated carbocycles. The number of nitrogens with one attached hydrogen (secondary N) is 1. The monoisotopic (exact) mass is 491 g/mol. The summed E-state index contributed by atoms with van der Waals surface area (Å²) in [6.07, 6.45) is 0. The molecule has 1 fully saturated rings. The van der Waals surface area contributed by atoms with E-state index < -0.39 is 21.5 Å². The van der Waals surface area contributed by atoms with E-state index in [2.05, 4.69) is 15.4 Å². The number of benzene rings is 3. The summed E-state index contributed by atoms with van der Waals surface area (Å²) >= 11 is 7.13. The Bertz CT molecular complexity index is 1390. The van der Waals surface area contributed by atoms with E-state index in [1.54, 1.807) is 54.6 Å². The Labute approximate surface area is 202 Å². The highest BCUT2D eigenvalue weighted by Gasteiger charge is 2.63. The fourth-order valence-electron chi connectivity index (χ4n) is 3.61. The van der Waals surface area contributed by atoms with Crippen molar-refractivity contribution in [2.75, 3.05) is 5.01 Å². The van der Waals surface area contributed by atoms with Crippen LogP contribution in [0.25, 0.3) is 0 Å². The summed E-state index contributed by atoms with van der Waals surface area (Å²) in [5.74, 6) is -1.18. The number of nitrogens with zero attached hydrogens (tertiary/aromatic N) is 4. The predicted molar refractivity (Wildman–Crippen MR) is 131 cm³/mol. The van der Waals surface area contributed by atoms with Crippen LogP contribution >= 0.6 is 23.4 Å². The number of non-ortho nitro benzene ring substituents is 1. The highest BCUT2D eigenvalue weighted by molar-refractivity contribution is 8.17. The number of nitro groups is 1. The van der Waals surface area contributed by atoms with Gasteiger partial charge in [0.25, 0.3) is 17.5 Å². The lowest BCUT2D eigenvalue weighted by Crippen LogP contribution is -2.50. The zero-order chi connectivity index (χ0) is 23.9. The van der Waals surface area contributed by atoms with Crippen LogP contribution in [0.4, 0.5) is 17.1 Å². The Morgan fingerprint density at radius 1 is 1.00 bits per heavy atom. The van der Waals surface area contributed by atoms with Crippen LogP contribution in [-0.2, 0) is 9.59 Å². The number of amidine groups is 1. The Morgan fingerprint density at radius 3 is 2.35 bits per heavy atom. The number of amides is 2. The zero-order valence-electron chi connectivity index (χ0n) is 17.2. The van der Waals surface area contributed by atoms with E-state index in [0.717, 1.165) is 11.8 Å². The number of halogens is 1. The van der Waals surface area contributed by atoms with Crippen molar-refractivity contribution >= 4 is 63.1 Å². The number of hydrazone groups is 1. The lowest BCUT2D eigenvalue weighted by Gasteiger charge is -2.19. The third kappa shape index (κ3) is 3.53. The molecule has 1 N–H and O–H groups in total. The molecule has 0 radical (unpaired) electrons. The lowest BCUT2D eigenvalue weighted by molar-refractivity contribution is -0.384. The molecule has 3 aromatic carbocycles. The predicted octanol–water partition coefficient (Wildman–Crippen LogP) is 4.29. The highest BCUT2D eigenvalue weighted by atomic mass is 35.5. The minimum absolute atomic E-state index is 0.118.